The maximum atomic E-state index is 13.5. The highest BCUT2D eigenvalue weighted by molar-refractivity contribution is 6.04. The Bertz CT molecular complexity index is 1390. The maximum absolute atomic E-state index is 13.5. The molecule has 1 aromatic heterocycles. The number of hydrogen-bond donors (Lipinski definition) is 1. The fourth-order valence-electron chi connectivity index (χ4n) is 5.35. The second kappa shape index (κ2) is 6.96. The van der Waals surface area contributed by atoms with Gasteiger partial charge in [-0.3, -0.25) is 4.79 Å². The number of furan rings is 1. The Kier molecular flexibility index (Phi) is 4.16. The second-order valence-corrected chi connectivity index (χ2v) is 9.71. The molecule has 0 saturated carbocycles. The highest BCUT2D eigenvalue weighted by Crippen LogP contribution is 2.51. The van der Waals surface area contributed by atoms with Crippen LogP contribution in [0.25, 0.3) is 22.1 Å². The standard InChI is InChI=1S/C29H25NO2/c1-29(2)16-22-27(23(31)17-29)28(25-15-14-24(32-25)19-9-4-3-5-10-19)26-20-11-7-6-8-18(20)12-13-21(26)30-22/h3-15,28,30H,16-17H2,1-2H3. The number of hydrogen-bond acceptors (Lipinski definition) is 3. The van der Waals surface area contributed by atoms with Crippen molar-refractivity contribution < 1.29 is 9.21 Å². The molecule has 158 valence electrons. The Hall–Kier alpha value is -3.59. The van der Waals surface area contributed by atoms with Crippen LogP contribution in [0.4, 0.5) is 5.69 Å². The first kappa shape index (κ1) is 19.1. The van der Waals surface area contributed by atoms with Crippen molar-refractivity contribution >= 4 is 22.2 Å². The molecule has 2 aliphatic rings. The number of rotatable bonds is 2. The Balaban J connectivity index is 1.59. The fraction of sp³-hybridized carbons (Fsp3) is 0.207. The molecule has 4 aromatic rings. The van der Waals surface area contributed by atoms with Crippen molar-refractivity contribution in [2.24, 2.45) is 5.41 Å². The first-order valence-corrected chi connectivity index (χ1v) is 11.2. The average molecular weight is 420 g/mol. The third-order valence-corrected chi connectivity index (χ3v) is 6.72. The first-order valence-electron chi connectivity index (χ1n) is 11.2. The molecular weight excluding hydrogens is 394 g/mol. The summed E-state index contributed by atoms with van der Waals surface area (Å²) in [5, 5.41) is 5.96. The molecule has 1 unspecified atom stereocenters. The number of allylic oxidation sites excluding steroid dienone is 2. The highest BCUT2D eigenvalue weighted by Gasteiger charge is 2.42. The van der Waals surface area contributed by atoms with E-state index in [-0.39, 0.29) is 17.1 Å². The van der Waals surface area contributed by atoms with E-state index in [0.717, 1.165) is 51.4 Å². The summed E-state index contributed by atoms with van der Waals surface area (Å²) in [6, 6.07) is 26.9. The lowest BCUT2D eigenvalue weighted by Gasteiger charge is -2.39. The number of Topliss-reactive ketones (excluding diaryl/α,β-unsaturated/α-hetero) is 1. The van der Waals surface area contributed by atoms with Crippen LogP contribution in [-0.2, 0) is 4.79 Å². The van der Waals surface area contributed by atoms with Crippen molar-refractivity contribution in [2.75, 3.05) is 5.32 Å². The van der Waals surface area contributed by atoms with Crippen molar-refractivity contribution in [1.29, 1.82) is 0 Å². The number of carbonyl (C=O) groups excluding carboxylic acids is 1. The number of benzene rings is 3. The van der Waals surface area contributed by atoms with Crippen molar-refractivity contribution in [1.82, 2.24) is 0 Å². The van der Waals surface area contributed by atoms with E-state index in [0.29, 0.717) is 6.42 Å². The lowest BCUT2D eigenvalue weighted by molar-refractivity contribution is -0.118. The van der Waals surface area contributed by atoms with Crippen LogP contribution in [0.3, 0.4) is 0 Å². The quantitative estimate of drug-likeness (QED) is 0.371. The van der Waals surface area contributed by atoms with Gasteiger partial charge < -0.3 is 9.73 Å². The van der Waals surface area contributed by atoms with Gasteiger partial charge in [0.1, 0.15) is 11.5 Å². The van der Waals surface area contributed by atoms with Crippen molar-refractivity contribution in [3.05, 3.63) is 101 Å². The second-order valence-electron chi connectivity index (χ2n) is 9.71. The summed E-state index contributed by atoms with van der Waals surface area (Å²) in [4.78, 5) is 13.5. The molecule has 2 heterocycles. The van der Waals surface area contributed by atoms with Gasteiger partial charge in [-0.05, 0) is 46.4 Å². The number of anilines is 1. The van der Waals surface area contributed by atoms with E-state index < -0.39 is 0 Å². The van der Waals surface area contributed by atoms with Crippen molar-refractivity contribution in [3.8, 4) is 11.3 Å². The normalized spacial score (nSPS) is 19.4. The Labute approximate surface area is 187 Å². The molecule has 0 amide bonds. The first-order chi connectivity index (χ1) is 15.5. The van der Waals surface area contributed by atoms with Crippen LogP contribution >= 0.6 is 0 Å². The molecule has 0 bridgehead atoms. The maximum Gasteiger partial charge on any atom is 0.162 e. The zero-order valence-corrected chi connectivity index (χ0v) is 18.3. The molecule has 0 saturated heterocycles. The van der Waals surface area contributed by atoms with Gasteiger partial charge in [-0.15, -0.1) is 0 Å². The van der Waals surface area contributed by atoms with E-state index in [1.54, 1.807) is 0 Å². The minimum absolute atomic E-state index is 0.0554. The van der Waals surface area contributed by atoms with Crippen LogP contribution < -0.4 is 5.32 Å². The van der Waals surface area contributed by atoms with Crippen LogP contribution in [0.5, 0.6) is 0 Å². The summed E-state index contributed by atoms with van der Waals surface area (Å²) >= 11 is 0. The van der Waals surface area contributed by atoms with Gasteiger partial charge in [0.05, 0.1) is 5.92 Å². The molecule has 0 radical (unpaired) electrons. The monoisotopic (exact) mass is 419 g/mol. The van der Waals surface area contributed by atoms with E-state index in [2.05, 4.69) is 55.6 Å². The highest BCUT2D eigenvalue weighted by atomic mass is 16.3. The van der Waals surface area contributed by atoms with E-state index in [1.165, 1.54) is 5.39 Å². The van der Waals surface area contributed by atoms with Gasteiger partial charge in [-0.2, -0.15) is 0 Å². The molecular formula is C29H25NO2. The van der Waals surface area contributed by atoms with E-state index in [9.17, 15) is 4.79 Å². The third-order valence-electron chi connectivity index (χ3n) is 6.72. The summed E-state index contributed by atoms with van der Waals surface area (Å²) < 4.78 is 6.45. The van der Waals surface area contributed by atoms with Crippen LogP contribution in [0.1, 0.15) is 43.9 Å². The third kappa shape index (κ3) is 3.00. The molecule has 6 rings (SSSR count). The number of fused-ring (bicyclic) bond motifs is 3. The number of carbonyl (C=O) groups is 1. The van der Waals surface area contributed by atoms with E-state index in [4.69, 9.17) is 4.42 Å². The van der Waals surface area contributed by atoms with Crippen LogP contribution in [0.2, 0.25) is 0 Å². The largest absolute Gasteiger partial charge is 0.460 e. The van der Waals surface area contributed by atoms with Gasteiger partial charge in [0.25, 0.3) is 0 Å². The van der Waals surface area contributed by atoms with E-state index in [1.807, 2.05) is 42.5 Å². The molecule has 0 fully saturated rings. The molecule has 1 N–H and O–H groups in total. The predicted molar refractivity (Wildman–Crippen MR) is 129 cm³/mol. The Morgan fingerprint density at radius 3 is 2.50 bits per heavy atom. The lowest BCUT2D eigenvalue weighted by Crippen LogP contribution is -2.33. The Morgan fingerprint density at radius 1 is 0.875 bits per heavy atom. The molecule has 0 spiro atoms. The minimum Gasteiger partial charge on any atom is -0.460 e. The summed E-state index contributed by atoms with van der Waals surface area (Å²) in [5.41, 5.74) is 5.08. The van der Waals surface area contributed by atoms with Gasteiger partial charge in [-0.1, -0.05) is 74.5 Å². The zero-order valence-electron chi connectivity index (χ0n) is 18.3. The van der Waals surface area contributed by atoms with Gasteiger partial charge in [-0.25, -0.2) is 0 Å². The molecule has 3 nitrogen and oxygen atoms in total. The van der Waals surface area contributed by atoms with Crippen LogP contribution in [0, 0.1) is 5.41 Å². The van der Waals surface area contributed by atoms with Gasteiger partial charge in [0, 0.05) is 28.9 Å². The molecule has 1 aliphatic heterocycles. The van der Waals surface area contributed by atoms with Gasteiger partial charge in [0.2, 0.25) is 0 Å². The number of ketones is 1. The molecule has 1 atom stereocenters. The average Bonchev–Trinajstić information content (AvgIpc) is 3.27. The van der Waals surface area contributed by atoms with Gasteiger partial charge in [0.15, 0.2) is 5.78 Å². The smallest absolute Gasteiger partial charge is 0.162 e. The van der Waals surface area contributed by atoms with Crippen LogP contribution in [-0.4, -0.2) is 5.78 Å². The summed E-state index contributed by atoms with van der Waals surface area (Å²) in [6.07, 6.45) is 1.40. The molecule has 3 aromatic carbocycles. The van der Waals surface area contributed by atoms with Crippen LogP contribution in [0.15, 0.2) is 94.6 Å². The number of nitrogens with one attached hydrogen (secondary N) is 1. The predicted octanol–water partition coefficient (Wildman–Crippen LogP) is 7.30. The molecule has 1 aliphatic carbocycles. The van der Waals surface area contributed by atoms with Gasteiger partial charge >= 0.3 is 0 Å². The SMILES string of the molecule is CC1(C)CC(=O)C2=C(C1)Nc1ccc3ccccc3c1C2c1ccc(-c2ccccc2)o1. The van der Waals surface area contributed by atoms with Crippen molar-refractivity contribution in [2.45, 2.75) is 32.6 Å². The van der Waals surface area contributed by atoms with E-state index >= 15 is 0 Å². The summed E-state index contributed by atoms with van der Waals surface area (Å²) in [6.45, 7) is 4.34. The summed E-state index contributed by atoms with van der Waals surface area (Å²) in [7, 11) is 0. The molecule has 32 heavy (non-hydrogen) atoms. The summed E-state index contributed by atoms with van der Waals surface area (Å²) in [5.74, 6) is 1.65. The Morgan fingerprint density at radius 2 is 1.66 bits per heavy atom. The molecule has 3 heteroatoms. The fourth-order valence-corrected chi connectivity index (χ4v) is 5.35. The van der Waals surface area contributed by atoms with Crippen molar-refractivity contribution in [3.63, 3.8) is 0 Å². The minimum atomic E-state index is -0.214. The zero-order chi connectivity index (χ0) is 21.9. The topological polar surface area (TPSA) is 42.2 Å². The lowest BCUT2D eigenvalue weighted by atomic mass is 9.69.